The van der Waals surface area contributed by atoms with Crippen LogP contribution < -0.4 is 10.2 Å². The minimum Gasteiger partial charge on any atom is -0.322 e. The van der Waals surface area contributed by atoms with E-state index >= 15 is 0 Å². The molecule has 0 fully saturated rings. The lowest BCUT2D eigenvalue weighted by Gasteiger charge is -2.11. The first-order valence-electron chi connectivity index (χ1n) is 6.51. The lowest BCUT2D eigenvalue weighted by atomic mass is 10.1. The quantitative estimate of drug-likeness (QED) is 0.921. The van der Waals surface area contributed by atoms with Crippen LogP contribution in [0.25, 0.3) is 0 Å². The summed E-state index contributed by atoms with van der Waals surface area (Å²) in [7, 11) is 1.73. The van der Waals surface area contributed by atoms with Crippen molar-refractivity contribution >= 4 is 23.2 Å². The second-order valence-corrected chi connectivity index (χ2v) is 4.93. The molecule has 2 aromatic carbocycles. The molecule has 0 aromatic heterocycles. The SMILES string of the molecule is CN1C(=O)Cc2cc(NC(=O)c3ccc(F)cc3)ccc21. The highest BCUT2D eigenvalue weighted by atomic mass is 19.1. The van der Waals surface area contributed by atoms with Gasteiger partial charge in [0.1, 0.15) is 5.82 Å². The minimum absolute atomic E-state index is 0.0343. The van der Waals surface area contributed by atoms with Gasteiger partial charge in [0.2, 0.25) is 5.91 Å². The summed E-state index contributed by atoms with van der Waals surface area (Å²) in [4.78, 5) is 25.3. The molecule has 0 saturated carbocycles. The van der Waals surface area contributed by atoms with E-state index in [0.29, 0.717) is 17.7 Å². The van der Waals surface area contributed by atoms with Crippen LogP contribution in [0.3, 0.4) is 0 Å². The van der Waals surface area contributed by atoms with Crippen molar-refractivity contribution in [2.75, 3.05) is 17.3 Å². The second kappa shape index (κ2) is 5.01. The Balaban J connectivity index is 1.80. The molecule has 2 aromatic rings. The van der Waals surface area contributed by atoms with Gasteiger partial charge in [-0.15, -0.1) is 0 Å². The Morgan fingerprint density at radius 2 is 1.90 bits per heavy atom. The Morgan fingerprint density at radius 3 is 2.62 bits per heavy atom. The van der Waals surface area contributed by atoms with Gasteiger partial charge in [0.05, 0.1) is 6.42 Å². The van der Waals surface area contributed by atoms with Crippen molar-refractivity contribution in [3.05, 3.63) is 59.4 Å². The zero-order valence-corrected chi connectivity index (χ0v) is 11.4. The van der Waals surface area contributed by atoms with E-state index in [-0.39, 0.29) is 17.6 Å². The maximum atomic E-state index is 12.8. The smallest absolute Gasteiger partial charge is 0.255 e. The molecule has 0 bridgehead atoms. The van der Waals surface area contributed by atoms with Gasteiger partial charge in [0.25, 0.3) is 5.91 Å². The zero-order valence-electron chi connectivity index (χ0n) is 11.4. The summed E-state index contributed by atoms with van der Waals surface area (Å²) in [6.07, 6.45) is 0.339. The molecule has 0 radical (unpaired) electrons. The summed E-state index contributed by atoms with van der Waals surface area (Å²) in [5.74, 6) is -0.662. The van der Waals surface area contributed by atoms with Gasteiger partial charge in [-0.05, 0) is 48.0 Å². The Labute approximate surface area is 121 Å². The molecule has 1 aliphatic rings. The number of benzene rings is 2. The molecule has 106 valence electrons. The normalized spacial score (nSPS) is 13.2. The van der Waals surface area contributed by atoms with Crippen LogP contribution in [0.5, 0.6) is 0 Å². The molecule has 3 rings (SSSR count). The van der Waals surface area contributed by atoms with E-state index in [9.17, 15) is 14.0 Å². The van der Waals surface area contributed by atoms with Crippen molar-refractivity contribution in [1.29, 1.82) is 0 Å². The predicted octanol–water partition coefficient (Wildman–Crippen LogP) is 2.60. The van der Waals surface area contributed by atoms with Crippen LogP contribution in [0.1, 0.15) is 15.9 Å². The van der Waals surface area contributed by atoms with Gasteiger partial charge in [-0.25, -0.2) is 4.39 Å². The summed E-state index contributed by atoms with van der Waals surface area (Å²) in [6.45, 7) is 0. The molecular formula is C16H13FN2O2. The minimum atomic E-state index is -0.384. The average Bonchev–Trinajstić information content (AvgIpc) is 2.74. The Kier molecular flexibility index (Phi) is 3.17. The summed E-state index contributed by atoms with van der Waals surface area (Å²) in [6, 6.07) is 10.7. The van der Waals surface area contributed by atoms with E-state index in [1.165, 1.54) is 24.3 Å². The molecule has 1 N–H and O–H groups in total. The number of nitrogens with zero attached hydrogens (tertiary/aromatic N) is 1. The van der Waals surface area contributed by atoms with E-state index in [2.05, 4.69) is 5.32 Å². The average molecular weight is 284 g/mol. The Bertz CT molecular complexity index is 726. The molecule has 0 atom stereocenters. The third kappa shape index (κ3) is 2.50. The number of carbonyl (C=O) groups excluding carboxylic acids is 2. The molecule has 1 aliphatic heterocycles. The molecule has 0 aliphatic carbocycles. The van der Waals surface area contributed by atoms with E-state index < -0.39 is 0 Å². The number of rotatable bonds is 2. The molecule has 2 amide bonds. The molecule has 0 saturated heterocycles. The Morgan fingerprint density at radius 1 is 1.19 bits per heavy atom. The molecule has 4 nitrogen and oxygen atoms in total. The highest BCUT2D eigenvalue weighted by Crippen LogP contribution is 2.30. The number of anilines is 2. The maximum Gasteiger partial charge on any atom is 0.255 e. The second-order valence-electron chi connectivity index (χ2n) is 4.93. The number of hydrogen-bond donors (Lipinski definition) is 1. The topological polar surface area (TPSA) is 49.4 Å². The summed E-state index contributed by atoms with van der Waals surface area (Å²) in [5.41, 5.74) is 2.75. The van der Waals surface area contributed by atoms with Crippen LogP contribution in [0.15, 0.2) is 42.5 Å². The third-order valence-electron chi connectivity index (χ3n) is 3.52. The lowest BCUT2D eigenvalue weighted by molar-refractivity contribution is -0.117. The van der Waals surface area contributed by atoms with Crippen molar-refractivity contribution in [3.63, 3.8) is 0 Å². The van der Waals surface area contributed by atoms with Gasteiger partial charge in [-0.1, -0.05) is 0 Å². The van der Waals surface area contributed by atoms with E-state index in [1.807, 2.05) is 0 Å². The fraction of sp³-hybridized carbons (Fsp3) is 0.125. The van der Waals surface area contributed by atoms with Gasteiger partial charge < -0.3 is 10.2 Å². The Hall–Kier alpha value is -2.69. The predicted molar refractivity (Wildman–Crippen MR) is 77.9 cm³/mol. The number of hydrogen-bond acceptors (Lipinski definition) is 2. The van der Waals surface area contributed by atoms with E-state index in [1.54, 1.807) is 30.1 Å². The summed E-state index contributed by atoms with van der Waals surface area (Å²) < 4.78 is 12.8. The first kappa shape index (κ1) is 13.3. The van der Waals surface area contributed by atoms with Gasteiger partial charge in [0.15, 0.2) is 0 Å². The van der Waals surface area contributed by atoms with Crippen LogP contribution in [0.2, 0.25) is 0 Å². The van der Waals surface area contributed by atoms with Crippen LogP contribution in [0, 0.1) is 5.82 Å². The number of nitrogens with one attached hydrogen (secondary N) is 1. The van der Waals surface area contributed by atoms with Crippen LogP contribution >= 0.6 is 0 Å². The summed E-state index contributed by atoms with van der Waals surface area (Å²) in [5, 5.41) is 2.75. The van der Waals surface area contributed by atoms with Crippen LogP contribution in [-0.4, -0.2) is 18.9 Å². The van der Waals surface area contributed by atoms with Gasteiger partial charge in [-0.3, -0.25) is 9.59 Å². The largest absolute Gasteiger partial charge is 0.322 e. The van der Waals surface area contributed by atoms with Gasteiger partial charge in [0, 0.05) is 24.0 Å². The molecule has 0 spiro atoms. The highest BCUT2D eigenvalue weighted by molar-refractivity contribution is 6.05. The van der Waals surface area contributed by atoms with Gasteiger partial charge in [-0.2, -0.15) is 0 Å². The first-order chi connectivity index (χ1) is 10.0. The van der Waals surface area contributed by atoms with Crippen molar-refractivity contribution in [3.8, 4) is 0 Å². The van der Waals surface area contributed by atoms with Crippen LogP contribution in [0.4, 0.5) is 15.8 Å². The fourth-order valence-corrected chi connectivity index (χ4v) is 2.35. The van der Waals surface area contributed by atoms with E-state index in [4.69, 9.17) is 0 Å². The molecule has 5 heteroatoms. The molecule has 0 unspecified atom stereocenters. The van der Waals surface area contributed by atoms with Crippen molar-refractivity contribution in [2.24, 2.45) is 0 Å². The number of amides is 2. The van der Waals surface area contributed by atoms with Crippen molar-refractivity contribution in [2.45, 2.75) is 6.42 Å². The zero-order chi connectivity index (χ0) is 15.0. The third-order valence-corrected chi connectivity index (χ3v) is 3.52. The maximum absolute atomic E-state index is 12.8. The number of fused-ring (bicyclic) bond motifs is 1. The summed E-state index contributed by atoms with van der Waals surface area (Å²) >= 11 is 0. The van der Waals surface area contributed by atoms with Crippen LogP contribution in [-0.2, 0) is 11.2 Å². The molecule has 21 heavy (non-hydrogen) atoms. The van der Waals surface area contributed by atoms with Crippen molar-refractivity contribution < 1.29 is 14.0 Å². The number of halogens is 1. The van der Waals surface area contributed by atoms with Crippen molar-refractivity contribution in [1.82, 2.24) is 0 Å². The lowest BCUT2D eigenvalue weighted by Crippen LogP contribution is -2.20. The van der Waals surface area contributed by atoms with E-state index in [0.717, 1.165) is 11.3 Å². The monoisotopic (exact) mass is 284 g/mol. The number of carbonyl (C=O) groups is 2. The fourth-order valence-electron chi connectivity index (χ4n) is 2.35. The first-order valence-corrected chi connectivity index (χ1v) is 6.51. The highest BCUT2D eigenvalue weighted by Gasteiger charge is 2.24. The molecular weight excluding hydrogens is 271 g/mol. The van der Waals surface area contributed by atoms with Gasteiger partial charge >= 0.3 is 0 Å². The number of likely N-dealkylation sites (N-methyl/N-ethyl adjacent to an activating group) is 1. The standard InChI is InChI=1S/C16H13FN2O2/c1-19-14-7-6-13(8-11(14)9-15(19)20)18-16(21)10-2-4-12(17)5-3-10/h2-8H,9H2,1H3,(H,18,21). The molecule has 1 heterocycles.